The number of rotatable bonds is 16. The lowest BCUT2D eigenvalue weighted by atomic mass is 9.90. The Balaban J connectivity index is 1.42. The van der Waals surface area contributed by atoms with Crippen molar-refractivity contribution in [3.8, 4) is 11.1 Å². The second kappa shape index (κ2) is 19.9. The van der Waals surface area contributed by atoms with Crippen molar-refractivity contribution >= 4 is 41.8 Å². The van der Waals surface area contributed by atoms with Gasteiger partial charge in [-0.3, -0.25) is 38.3 Å². The van der Waals surface area contributed by atoms with Crippen molar-refractivity contribution in [1.82, 2.24) is 19.8 Å². The number of nitrogens with one attached hydrogen (secondary N) is 2. The maximum atomic E-state index is 14.1. The first-order valence-electron chi connectivity index (χ1n) is 19.2. The Kier molecular flexibility index (Phi) is 14.8. The molecule has 0 spiro atoms. The van der Waals surface area contributed by atoms with Gasteiger partial charge in [-0.1, -0.05) is 48.5 Å². The van der Waals surface area contributed by atoms with Gasteiger partial charge in [0.25, 0.3) is 5.56 Å². The highest BCUT2D eigenvalue weighted by molar-refractivity contribution is 5.84. The topological polar surface area (TPSA) is 265 Å². The largest absolute Gasteiger partial charge is 0.480 e. The summed E-state index contributed by atoms with van der Waals surface area (Å²) in [6, 6.07) is 13.5. The Morgan fingerprint density at radius 3 is 1.90 bits per heavy atom. The highest BCUT2D eigenvalue weighted by Gasteiger charge is 2.53. The van der Waals surface area contributed by atoms with E-state index in [1.54, 1.807) is 0 Å². The molecule has 6 atom stereocenters. The number of carbonyl (C=O) groups excluding carboxylic acids is 6. The third-order valence-electron chi connectivity index (χ3n) is 9.98. The molecular weight excluding hydrogens is 804 g/mol. The quantitative estimate of drug-likeness (QED) is 0.135. The van der Waals surface area contributed by atoms with Gasteiger partial charge in [0, 0.05) is 64.9 Å². The molecule has 2 heterocycles. The lowest BCUT2D eigenvalue weighted by Gasteiger charge is -2.45. The fourth-order valence-corrected chi connectivity index (χ4v) is 7.44. The van der Waals surface area contributed by atoms with E-state index in [1.165, 1.54) is 6.92 Å². The number of esters is 4. The van der Waals surface area contributed by atoms with Gasteiger partial charge < -0.3 is 43.7 Å². The summed E-state index contributed by atoms with van der Waals surface area (Å²) in [6.45, 7) is 3.27. The molecule has 1 aliphatic carbocycles. The van der Waals surface area contributed by atoms with Gasteiger partial charge in [-0.05, 0) is 29.2 Å². The molecule has 20 nitrogen and oxygen atoms in total. The number of carboxylic acids is 1. The zero-order chi connectivity index (χ0) is 44.5. The summed E-state index contributed by atoms with van der Waals surface area (Å²) >= 11 is 0. The molecule has 1 unspecified atom stereocenters. The van der Waals surface area contributed by atoms with Crippen molar-refractivity contribution in [2.75, 3.05) is 26.3 Å². The van der Waals surface area contributed by atoms with Crippen molar-refractivity contribution < 1.29 is 67.1 Å². The molecule has 0 radical (unpaired) electrons. The van der Waals surface area contributed by atoms with Crippen LogP contribution in [0.1, 0.15) is 56.7 Å². The zero-order valence-electron chi connectivity index (χ0n) is 33.9. The molecule has 1 aliphatic heterocycles. The highest BCUT2D eigenvalue weighted by Crippen LogP contribution is 2.44. The van der Waals surface area contributed by atoms with Crippen LogP contribution in [0, 0.1) is 6.92 Å². The first-order valence-corrected chi connectivity index (χ1v) is 19.2. The van der Waals surface area contributed by atoms with Crippen LogP contribution in [0.25, 0.3) is 11.1 Å². The van der Waals surface area contributed by atoms with E-state index in [4.69, 9.17) is 28.4 Å². The van der Waals surface area contributed by atoms with Crippen LogP contribution in [0.2, 0.25) is 0 Å². The number of hydrogen-bond acceptors (Lipinski definition) is 15. The average molecular weight is 851 g/mol. The molecule has 3 N–H and O–H groups in total. The van der Waals surface area contributed by atoms with Crippen LogP contribution in [0.3, 0.4) is 0 Å². The minimum atomic E-state index is -1.88. The molecule has 3 aromatic rings. The summed E-state index contributed by atoms with van der Waals surface area (Å²) in [4.78, 5) is 117. The van der Waals surface area contributed by atoms with Crippen LogP contribution in [-0.2, 0) is 63.7 Å². The third kappa shape index (κ3) is 11.3. The third-order valence-corrected chi connectivity index (χ3v) is 9.98. The zero-order valence-corrected chi connectivity index (χ0v) is 33.9. The van der Waals surface area contributed by atoms with Gasteiger partial charge in [-0.15, -0.1) is 0 Å². The maximum absolute atomic E-state index is 14.1. The molecule has 5 rings (SSSR count). The van der Waals surface area contributed by atoms with Gasteiger partial charge in [0.2, 0.25) is 5.91 Å². The van der Waals surface area contributed by atoms with Crippen LogP contribution < -0.4 is 16.6 Å². The Labute approximate surface area is 348 Å². The number of carboxylic acid groups (broad SMARTS) is 1. The number of ether oxygens (including phenoxy) is 6. The second-order valence-electron chi connectivity index (χ2n) is 14.4. The number of amides is 2. The minimum Gasteiger partial charge on any atom is -0.480 e. The van der Waals surface area contributed by atoms with Gasteiger partial charge in [-0.25, -0.2) is 14.4 Å². The Bertz CT molecular complexity index is 2240. The van der Waals surface area contributed by atoms with Crippen molar-refractivity contribution in [2.45, 2.75) is 90.1 Å². The van der Waals surface area contributed by atoms with Crippen LogP contribution in [0.5, 0.6) is 0 Å². The molecule has 0 saturated carbocycles. The number of benzene rings is 2. The maximum Gasteiger partial charge on any atom is 0.407 e. The van der Waals surface area contributed by atoms with Crippen molar-refractivity contribution in [1.29, 1.82) is 0 Å². The molecule has 2 amide bonds. The molecule has 326 valence electrons. The first kappa shape index (κ1) is 45.3. The molecule has 0 bridgehead atoms. The van der Waals surface area contributed by atoms with E-state index < -0.39 is 116 Å². The monoisotopic (exact) mass is 850 g/mol. The summed E-state index contributed by atoms with van der Waals surface area (Å²) in [7, 11) is 0. The van der Waals surface area contributed by atoms with Gasteiger partial charge in [0.15, 0.2) is 18.3 Å². The van der Waals surface area contributed by atoms with Gasteiger partial charge in [-0.2, -0.15) is 0 Å². The summed E-state index contributed by atoms with van der Waals surface area (Å²) in [5.41, 5.74) is 2.35. The molecule has 1 saturated heterocycles. The van der Waals surface area contributed by atoms with Gasteiger partial charge in [0.05, 0.1) is 0 Å². The van der Waals surface area contributed by atoms with Crippen LogP contribution in [0.4, 0.5) is 4.79 Å². The number of H-pyrrole nitrogens is 1. The average Bonchev–Trinajstić information content (AvgIpc) is 3.51. The van der Waals surface area contributed by atoms with Crippen LogP contribution >= 0.6 is 0 Å². The van der Waals surface area contributed by atoms with Crippen LogP contribution in [0.15, 0.2) is 64.3 Å². The van der Waals surface area contributed by atoms with Crippen LogP contribution in [-0.4, -0.2) is 124 Å². The van der Waals surface area contributed by atoms with E-state index >= 15 is 0 Å². The molecule has 2 aliphatic rings. The van der Waals surface area contributed by atoms with Gasteiger partial charge >= 0.3 is 41.6 Å². The molecule has 20 heteroatoms. The number of hydrogen-bond donors (Lipinski definition) is 3. The second-order valence-corrected chi connectivity index (χ2v) is 14.4. The number of nitrogens with zero attached hydrogens (tertiary/aromatic N) is 2. The predicted octanol–water partition coefficient (Wildman–Crippen LogP) is 1.18. The molecule has 1 fully saturated rings. The SMILES string of the molecule is CC(=O)OC[C@H]1O[C@@H](CC(C(=O)O)N(CCNC(=O)OCC2c3ccccc3-c3ccccc32)C(=O)Cn2cc(C)c(=O)[nH]c2=O)[C@H](OC(C)=O)[C@@H](OC(C)=O)[C@H]1OC(C)=O. The molecule has 61 heavy (non-hydrogen) atoms. The lowest BCUT2D eigenvalue weighted by molar-refractivity contribution is -0.254. The summed E-state index contributed by atoms with van der Waals surface area (Å²) in [5, 5.41) is 13.2. The number of aromatic amines is 1. The predicted molar refractivity (Wildman–Crippen MR) is 209 cm³/mol. The smallest absolute Gasteiger partial charge is 0.407 e. The number of alkyl carbamates (subject to hydrolysis) is 1. The fourth-order valence-electron chi connectivity index (χ4n) is 7.44. The van der Waals surface area contributed by atoms with Crippen molar-refractivity contribution in [3.63, 3.8) is 0 Å². The van der Waals surface area contributed by atoms with Gasteiger partial charge in [0.1, 0.15) is 38.0 Å². The van der Waals surface area contributed by atoms with E-state index in [1.807, 2.05) is 48.5 Å². The van der Waals surface area contributed by atoms with Crippen molar-refractivity contribution in [2.24, 2.45) is 0 Å². The minimum absolute atomic E-state index is 0.0440. The number of fused-ring (bicyclic) bond motifs is 3. The Morgan fingerprint density at radius 1 is 0.787 bits per heavy atom. The van der Waals surface area contributed by atoms with E-state index in [0.717, 1.165) is 65.6 Å². The fraction of sp³-hybridized carbons (Fsp3) is 0.439. The standard InChI is InChI=1S/C41H46N4O16/c1-21-17-44(40(54)43-38(21)51)18-34(50)45(15-14-42-41(55)57-19-30-28-12-8-6-10-26(28)27-11-7-9-13-29(27)30)31(39(52)53)16-32-35(58-23(3)47)37(60-25(5)49)36(59-24(4)48)33(61-32)20-56-22(2)46/h6-13,17,30-33,35-37H,14-16,18-20H2,1-5H3,(H,42,55)(H,52,53)(H,43,51,54)/t31?,32-,33+,35-,36-,37+/m0/s1. The lowest BCUT2D eigenvalue weighted by Crippen LogP contribution is -2.63. The number of aliphatic carboxylic acids is 1. The molecule has 1 aromatic heterocycles. The van der Waals surface area contributed by atoms with E-state index in [-0.39, 0.29) is 24.6 Å². The molecular formula is C41H46N4O16. The number of carbonyl (C=O) groups is 7. The summed E-state index contributed by atoms with van der Waals surface area (Å²) in [5.74, 6) is -6.36. The number of aromatic nitrogens is 2. The van der Waals surface area contributed by atoms with E-state index in [0.29, 0.717) is 0 Å². The first-order chi connectivity index (χ1) is 28.9. The van der Waals surface area contributed by atoms with Crippen molar-refractivity contribution in [3.05, 3.63) is 92.3 Å². The highest BCUT2D eigenvalue weighted by atomic mass is 16.7. The summed E-state index contributed by atoms with van der Waals surface area (Å²) in [6.07, 6.45) is -8.24. The number of aryl methyl sites for hydroxylation is 1. The normalized spacial score (nSPS) is 19.6. The summed E-state index contributed by atoms with van der Waals surface area (Å²) < 4.78 is 34.0. The van der Waals surface area contributed by atoms with E-state index in [2.05, 4.69) is 10.3 Å². The van der Waals surface area contributed by atoms with E-state index in [9.17, 15) is 48.3 Å². The molecule has 2 aromatic carbocycles. The Hall–Kier alpha value is -6.83. The Morgan fingerprint density at radius 2 is 1.34 bits per heavy atom.